The quantitative estimate of drug-likeness (QED) is 0.445. The van der Waals surface area contributed by atoms with Gasteiger partial charge in [-0.2, -0.15) is 0 Å². The highest BCUT2D eigenvalue weighted by Gasteiger charge is 2.43. The predicted octanol–water partition coefficient (Wildman–Crippen LogP) is 0.483. The third kappa shape index (κ3) is 2.27. The van der Waals surface area contributed by atoms with Crippen LogP contribution in [-0.2, 0) is 9.59 Å². The first-order valence-electron chi connectivity index (χ1n) is 7.60. The third-order valence-corrected chi connectivity index (χ3v) is 4.09. The largest absolute Gasteiger partial charge is 0.334 e. The fourth-order valence-corrected chi connectivity index (χ4v) is 2.86. The average molecular weight is 329 g/mol. The standard InChI is InChI=1S/C16H15N3O5/c1-2-17-14(22)15(23)19(16(17)24)9-5-8-18-12(20)10-6-3-4-7-11(10)13(18)21/h3-4,6-7H,2,5,8-9H2,1H3. The summed E-state index contributed by atoms with van der Waals surface area (Å²) in [4.78, 5) is 62.6. The van der Waals surface area contributed by atoms with E-state index in [1.165, 1.54) is 0 Å². The molecule has 0 saturated carbocycles. The first kappa shape index (κ1) is 15.9. The minimum Gasteiger partial charge on any atom is -0.274 e. The fourth-order valence-electron chi connectivity index (χ4n) is 2.86. The van der Waals surface area contributed by atoms with Crippen LogP contribution in [-0.4, -0.2) is 64.0 Å². The highest BCUT2D eigenvalue weighted by atomic mass is 16.2. The zero-order valence-corrected chi connectivity index (χ0v) is 13.0. The molecule has 2 aliphatic rings. The summed E-state index contributed by atoms with van der Waals surface area (Å²) in [5.74, 6) is -2.49. The summed E-state index contributed by atoms with van der Waals surface area (Å²) in [6, 6.07) is 5.87. The number of amides is 6. The summed E-state index contributed by atoms with van der Waals surface area (Å²) in [5, 5.41) is 0. The number of urea groups is 1. The molecule has 0 unspecified atom stereocenters. The zero-order chi connectivity index (χ0) is 17.4. The van der Waals surface area contributed by atoms with E-state index < -0.39 is 17.8 Å². The topological polar surface area (TPSA) is 95.1 Å². The molecule has 1 saturated heterocycles. The minimum absolute atomic E-state index is 0.0205. The summed E-state index contributed by atoms with van der Waals surface area (Å²) in [5.41, 5.74) is 0.700. The normalized spacial score (nSPS) is 17.4. The number of rotatable bonds is 5. The van der Waals surface area contributed by atoms with Crippen LogP contribution in [0.2, 0.25) is 0 Å². The molecule has 1 fully saturated rings. The molecular formula is C16H15N3O5. The van der Waals surface area contributed by atoms with E-state index in [0.29, 0.717) is 11.1 Å². The summed E-state index contributed by atoms with van der Waals surface area (Å²) >= 11 is 0. The molecule has 8 heteroatoms. The maximum absolute atomic E-state index is 12.2. The van der Waals surface area contributed by atoms with Crippen molar-refractivity contribution in [3.8, 4) is 0 Å². The maximum Gasteiger partial charge on any atom is 0.334 e. The lowest BCUT2D eigenvalue weighted by Gasteiger charge is -2.17. The van der Waals surface area contributed by atoms with Gasteiger partial charge in [0.2, 0.25) is 0 Å². The molecule has 1 aromatic carbocycles. The minimum atomic E-state index is -0.871. The van der Waals surface area contributed by atoms with Gasteiger partial charge in [-0.15, -0.1) is 0 Å². The Kier molecular flexibility index (Phi) is 3.88. The number of benzene rings is 1. The van der Waals surface area contributed by atoms with Crippen LogP contribution in [0.4, 0.5) is 4.79 Å². The summed E-state index contributed by atoms with van der Waals surface area (Å²) in [6.07, 6.45) is 0.216. The van der Waals surface area contributed by atoms with E-state index in [4.69, 9.17) is 0 Å². The van der Waals surface area contributed by atoms with Gasteiger partial charge in [0, 0.05) is 19.6 Å². The van der Waals surface area contributed by atoms with Crippen molar-refractivity contribution >= 4 is 29.7 Å². The molecule has 0 bridgehead atoms. The molecule has 0 aliphatic carbocycles. The molecule has 8 nitrogen and oxygen atoms in total. The molecule has 0 aromatic heterocycles. The highest BCUT2D eigenvalue weighted by Crippen LogP contribution is 2.22. The number of likely N-dealkylation sites (N-methyl/N-ethyl adjacent to an activating group) is 1. The number of carbonyl (C=O) groups excluding carboxylic acids is 5. The van der Waals surface area contributed by atoms with E-state index in [2.05, 4.69) is 0 Å². The van der Waals surface area contributed by atoms with Gasteiger partial charge < -0.3 is 0 Å². The van der Waals surface area contributed by atoms with Crippen molar-refractivity contribution in [2.24, 2.45) is 0 Å². The Balaban J connectivity index is 1.63. The SMILES string of the molecule is CCN1C(=O)C(=O)N(CCCN2C(=O)c3ccccc3C2=O)C1=O. The van der Waals surface area contributed by atoms with Crippen LogP contribution in [0.15, 0.2) is 24.3 Å². The Bertz CT molecular complexity index is 738. The molecule has 0 radical (unpaired) electrons. The van der Waals surface area contributed by atoms with Crippen molar-refractivity contribution in [1.29, 1.82) is 0 Å². The van der Waals surface area contributed by atoms with Crippen LogP contribution in [0.25, 0.3) is 0 Å². The number of nitrogens with zero attached hydrogens (tertiary/aromatic N) is 3. The lowest BCUT2D eigenvalue weighted by atomic mass is 10.1. The van der Waals surface area contributed by atoms with E-state index in [1.807, 2.05) is 0 Å². The second kappa shape index (κ2) is 5.88. The lowest BCUT2D eigenvalue weighted by molar-refractivity contribution is -0.143. The number of hydrogen-bond acceptors (Lipinski definition) is 5. The maximum atomic E-state index is 12.2. The zero-order valence-electron chi connectivity index (χ0n) is 13.0. The fraction of sp³-hybridized carbons (Fsp3) is 0.312. The molecule has 24 heavy (non-hydrogen) atoms. The van der Waals surface area contributed by atoms with Crippen LogP contribution < -0.4 is 0 Å². The second-order valence-corrected chi connectivity index (χ2v) is 5.45. The Morgan fingerprint density at radius 3 is 1.71 bits per heavy atom. The number of carbonyl (C=O) groups is 5. The van der Waals surface area contributed by atoms with Gasteiger partial charge in [0.15, 0.2) is 0 Å². The number of hydrogen-bond donors (Lipinski definition) is 0. The van der Waals surface area contributed by atoms with Gasteiger partial charge in [0.1, 0.15) is 0 Å². The van der Waals surface area contributed by atoms with Crippen molar-refractivity contribution in [3.63, 3.8) is 0 Å². The van der Waals surface area contributed by atoms with Crippen molar-refractivity contribution in [1.82, 2.24) is 14.7 Å². The van der Waals surface area contributed by atoms with Gasteiger partial charge in [0.05, 0.1) is 11.1 Å². The summed E-state index contributed by atoms with van der Waals surface area (Å²) in [7, 11) is 0. The first-order chi connectivity index (χ1) is 11.5. The second-order valence-electron chi connectivity index (χ2n) is 5.45. The molecule has 124 valence electrons. The van der Waals surface area contributed by atoms with Crippen molar-refractivity contribution in [3.05, 3.63) is 35.4 Å². The van der Waals surface area contributed by atoms with Gasteiger partial charge in [-0.3, -0.25) is 33.9 Å². The molecule has 6 amide bonds. The van der Waals surface area contributed by atoms with E-state index in [0.717, 1.165) is 14.7 Å². The molecular weight excluding hydrogens is 314 g/mol. The van der Waals surface area contributed by atoms with Gasteiger partial charge in [-0.25, -0.2) is 4.79 Å². The molecule has 0 N–H and O–H groups in total. The Morgan fingerprint density at radius 1 is 0.708 bits per heavy atom. The van der Waals surface area contributed by atoms with E-state index in [1.54, 1.807) is 31.2 Å². The average Bonchev–Trinajstić information content (AvgIpc) is 2.94. The molecule has 3 rings (SSSR count). The van der Waals surface area contributed by atoms with Crippen LogP contribution in [0.3, 0.4) is 0 Å². The summed E-state index contributed by atoms with van der Waals surface area (Å²) < 4.78 is 0. The highest BCUT2D eigenvalue weighted by molar-refractivity contribution is 6.44. The molecule has 1 aromatic rings. The Labute approximate surface area is 137 Å². The van der Waals surface area contributed by atoms with E-state index in [9.17, 15) is 24.0 Å². The van der Waals surface area contributed by atoms with Crippen LogP contribution in [0.5, 0.6) is 0 Å². The van der Waals surface area contributed by atoms with Gasteiger partial charge in [0.25, 0.3) is 11.8 Å². The van der Waals surface area contributed by atoms with E-state index in [-0.39, 0.29) is 37.9 Å². The van der Waals surface area contributed by atoms with Crippen molar-refractivity contribution < 1.29 is 24.0 Å². The first-order valence-corrected chi connectivity index (χ1v) is 7.60. The summed E-state index contributed by atoms with van der Waals surface area (Å²) in [6.45, 7) is 1.78. The number of imide groups is 3. The molecule has 0 spiro atoms. The Hall–Kier alpha value is -3.03. The molecule has 2 aliphatic heterocycles. The lowest BCUT2D eigenvalue weighted by Crippen LogP contribution is -2.37. The van der Waals surface area contributed by atoms with Crippen LogP contribution in [0, 0.1) is 0 Å². The molecule has 2 heterocycles. The number of fused-ring (bicyclic) bond motifs is 1. The van der Waals surface area contributed by atoms with Gasteiger partial charge in [-0.05, 0) is 25.5 Å². The van der Waals surface area contributed by atoms with Gasteiger partial charge >= 0.3 is 17.8 Å². The third-order valence-electron chi connectivity index (χ3n) is 4.09. The predicted molar refractivity (Wildman–Crippen MR) is 80.9 cm³/mol. The van der Waals surface area contributed by atoms with Crippen LogP contribution in [0.1, 0.15) is 34.1 Å². The van der Waals surface area contributed by atoms with Crippen molar-refractivity contribution in [2.75, 3.05) is 19.6 Å². The molecule has 0 atom stereocenters. The van der Waals surface area contributed by atoms with E-state index >= 15 is 0 Å². The van der Waals surface area contributed by atoms with Gasteiger partial charge in [-0.1, -0.05) is 12.1 Å². The van der Waals surface area contributed by atoms with Crippen LogP contribution >= 0.6 is 0 Å². The monoisotopic (exact) mass is 329 g/mol. The van der Waals surface area contributed by atoms with Crippen molar-refractivity contribution in [2.45, 2.75) is 13.3 Å². The Morgan fingerprint density at radius 2 is 1.21 bits per heavy atom. The smallest absolute Gasteiger partial charge is 0.274 e.